The van der Waals surface area contributed by atoms with E-state index in [0.29, 0.717) is 0 Å². The van der Waals surface area contributed by atoms with E-state index in [-0.39, 0.29) is 0 Å². The molecule has 0 atom stereocenters. The van der Waals surface area contributed by atoms with Crippen molar-refractivity contribution in [3.8, 4) is 0 Å². The summed E-state index contributed by atoms with van der Waals surface area (Å²) in [6, 6.07) is 0. The first-order valence-corrected chi connectivity index (χ1v) is 4.95. The molecule has 0 amide bonds. The molecule has 0 spiro atoms. The molecule has 0 saturated heterocycles. The van der Waals surface area contributed by atoms with Crippen LogP contribution in [0.15, 0.2) is 40.1 Å². The van der Waals surface area contributed by atoms with Gasteiger partial charge >= 0.3 is 0 Å². The summed E-state index contributed by atoms with van der Waals surface area (Å²) in [5.74, 6) is 0. The third kappa shape index (κ3) is 1.80. The van der Waals surface area contributed by atoms with Crippen LogP contribution < -0.4 is 0 Å². The average Bonchev–Trinajstić information content (AvgIpc) is 2.20. The van der Waals surface area contributed by atoms with E-state index >= 15 is 0 Å². The van der Waals surface area contributed by atoms with Gasteiger partial charge in [-0.2, -0.15) is 0 Å². The van der Waals surface area contributed by atoms with Gasteiger partial charge in [0.25, 0.3) is 0 Å². The lowest BCUT2D eigenvalue weighted by Gasteiger charge is -2.17. The Bertz CT molecular complexity index is 316. The van der Waals surface area contributed by atoms with E-state index in [1.54, 1.807) is 0 Å². The van der Waals surface area contributed by atoms with Crippen molar-refractivity contribution in [2.45, 2.75) is 32.6 Å². The molecule has 2 aliphatic rings. The molecule has 0 aromatic carbocycles. The van der Waals surface area contributed by atoms with E-state index < -0.39 is 0 Å². The van der Waals surface area contributed by atoms with E-state index in [9.17, 15) is 0 Å². The maximum Gasteiger partial charge on any atom is 0.0298 e. The Morgan fingerprint density at radius 1 is 1.23 bits per heavy atom. The van der Waals surface area contributed by atoms with Crippen LogP contribution in [0.4, 0.5) is 0 Å². The molecule has 0 aromatic rings. The van der Waals surface area contributed by atoms with Crippen LogP contribution in [-0.2, 0) is 0 Å². The highest BCUT2D eigenvalue weighted by molar-refractivity contribution is 5.62. The van der Waals surface area contributed by atoms with Gasteiger partial charge in [0.15, 0.2) is 0 Å². The smallest absolute Gasteiger partial charge is 0.0298 e. The molecule has 0 radical (unpaired) electrons. The highest BCUT2D eigenvalue weighted by atomic mass is 14.7. The molecule has 0 N–H and O–H groups in total. The predicted octanol–water partition coefficient (Wildman–Crippen LogP) is 3.40. The first-order valence-electron chi connectivity index (χ1n) is 4.95. The Morgan fingerprint density at radius 2 is 2.15 bits per heavy atom. The third-order valence-electron chi connectivity index (χ3n) is 2.67. The average molecular weight is 173 g/mol. The fraction of sp³-hybridized carbons (Fsp3) is 0.417. The van der Waals surface area contributed by atoms with Crippen LogP contribution in [-0.4, -0.2) is 6.21 Å². The van der Waals surface area contributed by atoms with Gasteiger partial charge in [0, 0.05) is 12.4 Å². The second kappa shape index (κ2) is 3.73. The van der Waals surface area contributed by atoms with Crippen molar-refractivity contribution in [2.24, 2.45) is 4.99 Å². The van der Waals surface area contributed by atoms with E-state index in [4.69, 9.17) is 0 Å². The van der Waals surface area contributed by atoms with E-state index in [1.807, 2.05) is 12.4 Å². The van der Waals surface area contributed by atoms with E-state index in [2.05, 4.69) is 24.1 Å². The van der Waals surface area contributed by atoms with E-state index in [1.165, 1.54) is 36.0 Å². The van der Waals surface area contributed by atoms with Gasteiger partial charge in [0.05, 0.1) is 0 Å². The maximum atomic E-state index is 4.22. The van der Waals surface area contributed by atoms with Gasteiger partial charge in [0.2, 0.25) is 0 Å². The summed E-state index contributed by atoms with van der Waals surface area (Å²) in [6.07, 6.45) is 13.2. The second-order valence-electron chi connectivity index (χ2n) is 3.63. The SMILES string of the molecule is CC1=C(C2=CN=CCC2)CCC=C1. The third-order valence-corrected chi connectivity index (χ3v) is 2.67. The summed E-state index contributed by atoms with van der Waals surface area (Å²) in [5.41, 5.74) is 4.40. The zero-order chi connectivity index (χ0) is 9.10. The van der Waals surface area contributed by atoms with Crippen molar-refractivity contribution in [1.29, 1.82) is 0 Å². The quantitative estimate of drug-likeness (QED) is 0.576. The molecule has 68 valence electrons. The number of rotatable bonds is 1. The zero-order valence-corrected chi connectivity index (χ0v) is 8.09. The van der Waals surface area contributed by atoms with Crippen LogP contribution in [0.5, 0.6) is 0 Å². The largest absolute Gasteiger partial charge is 0.269 e. The van der Waals surface area contributed by atoms with Crippen molar-refractivity contribution in [2.75, 3.05) is 0 Å². The Balaban J connectivity index is 2.28. The summed E-state index contributed by atoms with van der Waals surface area (Å²) < 4.78 is 0. The Hall–Kier alpha value is -1.11. The van der Waals surface area contributed by atoms with Crippen LogP contribution in [0.3, 0.4) is 0 Å². The summed E-state index contributed by atoms with van der Waals surface area (Å²) in [7, 11) is 0. The molecule has 1 nitrogen and oxygen atoms in total. The van der Waals surface area contributed by atoms with Crippen molar-refractivity contribution in [3.05, 3.63) is 35.1 Å². The first-order chi connectivity index (χ1) is 6.38. The molecule has 13 heavy (non-hydrogen) atoms. The normalized spacial score (nSPS) is 22.1. The zero-order valence-electron chi connectivity index (χ0n) is 8.09. The van der Waals surface area contributed by atoms with Crippen molar-refractivity contribution in [1.82, 2.24) is 0 Å². The van der Waals surface area contributed by atoms with Crippen molar-refractivity contribution >= 4 is 6.21 Å². The summed E-state index contributed by atoms with van der Waals surface area (Å²) in [6.45, 7) is 2.20. The molecule has 2 rings (SSSR count). The number of aliphatic imine (C=N–C) groups is 1. The van der Waals surface area contributed by atoms with Gasteiger partial charge < -0.3 is 0 Å². The van der Waals surface area contributed by atoms with Crippen molar-refractivity contribution in [3.63, 3.8) is 0 Å². The lowest BCUT2D eigenvalue weighted by Crippen LogP contribution is -1.99. The molecule has 1 heterocycles. The topological polar surface area (TPSA) is 12.4 Å². The first kappa shape index (κ1) is 8.49. The Morgan fingerprint density at radius 3 is 2.85 bits per heavy atom. The van der Waals surface area contributed by atoms with Crippen LogP contribution in [0.2, 0.25) is 0 Å². The van der Waals surface area contributed by atoms with E-state index in [0.717, 1.165) is 6.42 Å². The molecule has 1 heteroatoms. The number of nitrogens with zero attached hydrogens (tertiary/aromatic N) is 1. The molecule has 1 aliphatic carbocycles. The highest BCUT2D eigenvalue weighted by Gasteiger charge is 2.10. The summed E-state index contributed by atoms with van der Waals surface area (Å²) in [5, 5.41) is 0. The van der Waals surface area contributed by atoms with Crippen LogP contribution in [0.25, 0.3) is 0 Å². The minimum atomic E-state index is 1.10. The van der Waals surface area contributed by atoms with Gasteiger partial charge in [-0.05, 0) is 49.3 Å². The Labute approximate surface area is 79.6 Å². The summed E-state index contributed by atoms with van der Waals surface area (Å²) >= 11 is 0. The Kier molecular flexibility index (Phi) is 2.44. The second-order valence-corrected chi connectivity index (χ2v) is 3.63. The molecule has 0 bridgehead atoms. The van der Waals surface area contributed by atoms with Gasteiger partial charge in [-0.15, -0.1) is 0 Å². The number of allylic oxidation sites excluding steroid dienone is 5. The molecular formula is C12H15N. The monoisotopic (exact) mass is 173 g/mol. The van der Waals surface area contributed by atoms with Crippen LogP contribution >= 0.6 is 0 Å². The molecule has 0 unspecified atom stereocenters. The van der Waals surface area contributed by atoms with Gasteiger partial charge in [-0.25, -0.2) is 0 Å². The fourth-order valence-corrected chi connectivity index (χ4v) is 1.93. The molecule has 0 saturated carbocycles. The molecule has 0 fully saturated rings. The maximum absolute atomic E-state index is 4.22. The molecular weight excluding hydrogens is 158 g/mol. The number of hydrogen-bond acceptors (Lipinski definition) is 1. The van der Waals surface area contributed by atoms with Gasteiger partial charge in [-0.1, -0.05) is 12.2 Å². The lowest BCUT2D eigenvalue weighted by atomic mass is 9.90. The van der Waals surface area contributed by atoms with Gasteiger partial charge in [-0.3, -0.25) is 4.99 Å². The standard InChI is InChI=1S/C12H15N/c1-10-5-2-3-7-12(10)11-6-4-8-13-9-11/h2,5,8-9H,3-4,6-7H2,1H3. The van der Waals surface area contributed by atoms with Crippen LogP contribution in [0.1, 0.15) is 32.6 Å². The summed E-state index contributed by atoms with van der Waals surface area (Å²) in [4.78, 5) is 4.22. The molecule has 0 aromatic heterocycles. The molecule has 1 aliphatic heterocycles. The number of hydrogen-bond donors (Lipinski definition) is 0. The predicted molar refractivity (Wildman–Crippen MR) is 56.9 cm³/mol. The minimum absolute atomic E-state index is 1.10. The highest BCUT2D eigenvalue weighted by Crippen LogP contribution is 2.28. The fourth-order valence-electron chi connectivity index (χ4n) is 1.93. The van der Waals surface area contributed by atoms with Crippen LogP contribution in [0, 0.1) is 0 Å². The van der Waals surface area contributed by atoms with Gasteiger partial charge in [0.1, 0.15) is 0 Å². The van der Waals surface area contributed by atoms with Crippen molar-refractivity contribution < 1.29 is 0 Å². The lowest BCUT2D eigenvalue weighted by molar-refractivity contribution is 0.894. The minimum Gasteiger partial charge on any atom is -0.269 e.